The lowest BCUT2D eigenvalue weighted by atomic mass is 10.1. The van der Waals surface area contributed by atoms with Crippen molar-refractivity contribution < 1.29 is 14.3 Å². The number of nitrogens with zero attached hydrogens (tertiary/aromatic N) is 1. The first kappa shape index (κ1) is 21.8. The third-order valence-corrected chi connectivity index (χ3v) is 4.62. The molecule has 30 heavy (non-hydrogen) atoms. The third kappa shape index (κ3) is 5.81. The highest BCUT2D eigenvalue weighted by molar-refractivity contribution is 6.30. The van der Waals surface area contributed by atoms with Crippen molar-refractivity contribution in [1.82, 2.24) is 4.98 Å². The summed E-state index contributed by atoms with van der Waals surface area (Å²) in [7, 11) is 0. The lowest BCUT2D eigenvalue weighted by Crippen LogP contribution is -2.16. The molecular weight excluding hydrogens is 400 g/mol. The molecule has 1 aromatic heterocycles. The summed E-state index contributed by atoms with van der Waals surface area (Å²) in [5.41, 5.74) is 2.65. The number of benzene rings is 2. The van der Waals surface area contributed by atoms with Gasteiger partial charge in [0.05, 0.1) is 29.2 Å². The van der Waals surface area contributed by atoms with Crippen molar-refractivity contribution in [1.29, 1.82) is 0 Å². The largest absolute Gasteiger partial charge is 0.457 e. The maximum Gasteiger partial charge on any atom is 0.257 e. The smallest absolute Gasteiger partial charge is 0.257 e. The number of hydrogen-bond donors (Lipinski definition) is 1. The van der Waals surface area contributed by atoms with Crippen LogP contribution in [0.4, 0.5) is 5.69 Å². The summed E-state index contributed by atoms with van der Waals surface area (Å²) in [5.74, 6) is 1.08. The minimum atomic E-state index is -0.215. The van der Waals surface area contributed by atoms with Crippen LogP contribution in [-0.2, 0) is 4.74 Å². The maximum absolute atomic E-state index is 12.7. The molecule has 0 saturated carbocycles. The average Bonchev–Trinajstić information content (AvgIpc) is 2.69. The molecule has 0 saturated heterocycles. The van der Waals surface area contributed by atoms with Gasteiger partial charge in [-0.1, -0.05) is 17.7 Å². The second-order valence-electron chi connectivity index (χ2n) is 7.23. The van der Waals surface area contributed by atoms with Gasteiger partial charge in [-0.05, 0) is 82.3 Å². The van der Waals surface area contributed by atoms with Crippen LogP contribution in [0.3, 0.4) is 0 Å². The molecule has 0 radical (unpaired) electrons. The predicted molar refractivity (Wildman–Crippen MR) is 120 cm³/mol. The molecule has 0 aliphatic rings. The number of nitrogens with one attached hydrogen (secondary N) is 1. The van der Waals surface area contributed by atoms with Crippen molar-refractivity contribution in [2.45, 2.75) is 39.9 Å². The Morgan fingerprint density at radius 2 is 1.73 bits per heavy atom. The van der Waals surface area contributed by atoms with Crippen LogP contribution in [0.5, 0.6) is 11.5 Å². The standard InChI is InChI=1S/C24H25ClN2O3/c1-15(2)29-17(4)23-13-12-22(16(3)26-23)24(28)27-19-8-10-20(11-9-19)30-21-7-5-6-18(25)14-21/h5-15,17H,1-4H3,(H,27,28). The number of halogens is 1. The molecule has 1 amide bonds. The number of pyridine rings is 1. The van der Waals surface area contributed by atoms with Gasteiger partial charge in [0.2, 0.25) is 0 Å². The van der Waals surface area contributed by atoms with Gasteiger partial charge < -0.3 is 14.8 Å². The lowest BCUT2D eigenvalue weighted by Gasteiger charge is -2.17. The molecule has 0 aliphatic heterocycles. The summed E-state index contributed by atoms with van der Waals surface area (Å²) in [4.78, 5) is 17.2. The number of anilines is 1. The fourth-order valence-corrected chi connectivity index (χ4v) is 3.18. The summed E-state index contributed by atoms with van der Waals surface area (Å²) in [6.07, 6.45) is -0.0243. The van der Waals surface area contributed by atoms with Gasteiger partial charge in [-0.15, -0.1) is 0 Å². The number of aromatic nitrogens is 1. The van der Waals surface area contributed by atoms with Crippen molar-refractivity contribution >= 4 is 23.2 Å². The first-order chi connectivity index (χ1) is 14.3. The Labute approximate surface area is 182 Å². The van der Waals surface area contributed by atoms with Gasteiger partial charge in [0.1, 0.15) is 11.5 Å². The van der Waals surface area contributed by atoms with Gasteiger partial charge in [0, 0.05) is 10.7 Å². The highest BCUT2D eigenvalue weighted by Gasteiger charge is 2.15. The molecule has 1 atom stereocenters. The molecule has 1 heterocycles. The number of rotatable bonds is 7. The van der Waals surface area contributed by atoms with Gasteiger partial charge in [0.15, 0.2) is 0 Å². The minimum Gasteiger partial charge on any atom is -0.457 e. The van der Waals surface area contributed by atoms with Gasteiger partial charge in [0.25, 0.3) is 5.91 Å². The molecule has 3 rings (SSSR count). The van der Waals surface area contributed by atoms with Crippen molar-refractivity contribution in [3.05, 3.63) is 82.6 Å². The Morgan fingerprint density at radius 3 is 2.37 bits per heavy atom. The Balaban J connectivity index is 1.65. The molecule has 1 unspecified atom stereocenters. The van der Waals surface area contributed by atoms with Gasteiger partial charge in [-0.2, -0.15) is 0 Å². The van der Waals surface area contributed by atoms with E-state index in [1.165, 1.54) is 0 Å². The van der Waals surface area contributed by atoms with Crippen molar-refractivity contribution in [2.24, 2.45) is 0 Å². The Morgan fingerprint density at radius 1 is 1.00 bits per heavy atom. The van der Waals surface area contributed by atoms with Crippen LogP contribution in [0.15, 0.2) is 60.7 Å². The summed E-state index contributed by atoms with van der Waals surface area (Å²) in [6.45, 7) is 7.74. The predicted octanol–water partition coefficient (Wildman–Crippen LogP) is 6.57. The Kier molecular flexibility index (Phi) is 7.08. The van der Waals surface area contributed by atoms with Crippen LogP contribution < -0.4 is 10.1 Å². The van der Waals surface area contributed by atoms with Crippen molar-refractivity contribution in [2.75, 3.05) is 5.32 Å². The molecule has 3 aromatic rings. The zero-order chi connectivity index (χ0) is 21.7. The molecular formula is C24H25ClN2O3. The molecule has 5 nitrogen and oxygen atoms in total. The Bertz CT molecular complexity index is 1020. The van der Waals surface area contributed by atoms with E-state index in [9.17, 15) is 4.79 Å². The van der Waals surface area contributed by atoms with Gasteiger partial charge in [-0.25, -0.2) is 0 Å². The number of carbonyl (C=O) groups is 1. The molecule has 1 N–H and O–H groups in total. The molecule has 6 heteroatoms. The molecule has 0 fully saturated rings. The first-order valence-corrected chi connectivity index (χ1v) is 10.2. The van der Waals surface area contributed by atoms with Gasteiger partial charge in [-0.3, -0.25) is 9.78 Å². The van der Waals surface area contributed by atoms with E-state index >= 15 is 0 Å². The fourth-order valence-electron chi connectivity index (χ4n) is 3.00. The average molecular weight is 425 g/mol. The highest BCUT2D eigenvalue weighted by atomic mass is 35.5. The first-order valence-electron chi connectivity index (χ1n) is 9.79. The van der Waals surface area contributed by atoms with Crippen LogP contribution in [-0.4, -0.2) is 17.0 Å². The maximum atomic E-state index is 12.7. The fraction of sp³-hybridized carbons (Fsp3) is 0.250. The normalized spacial score (nSPS) is 11.9. The molecule has 0 spiro atoms. The SMILES string of the molecule is Cc1nc(C(C)OC(C)C)ccc1C(=O)Nc1ccc(Oc2cccc(Cl)c2)cc1. The molecule has 2 aromatic carbocycles. The quantitative estimate of drug-likeness (QED) is 0.465. The van der Waals surface area contributed by atoms with Crippen LogP contribution >= 0.6 is 11.6 Å². The van der Waals surface area contributed by atoms with Gasteiger partial charge >= 0.3 is 0 Å². The van der Waals surface area contributed by atoms with E-state index in [2.05, 4.69) is 10.3 Å². The van der Waals surface area contributed by atoms with E-state index in [-0.39, 0.29) is 18.1 Å². The number of carbonyl (C=O) groups excluding carboxylic acids is 1. The lowest BCUT2D eigenvalue weighted by molar-refractivity contribution is 0.0154. The van der Waals surface area contributed by atoms with E-state index in [1.54, 1.807) is 42.5 Å². The summed E-state index contributed by atoms with van der Waals surface area (Å²) in [6, 6.07) is 17.9. The van der Waals surface area contributed by atoms with Crippen LogP contribution in [0.2, 0.25) is 5.02 Å². The number of ether oxygens (including phenoxy) is 2. The van der Waals surface area contributed by atoms with E-state index in [1.807, 2.05) is 45.9 Å². The number of amides is 1. The number of hydrogen-bond acceptors (Lipinski definition) is 4. The Hall–Kier alpha value is -2.89. The van der Waals surface area contributed by atoms with Crippen molar-refractivity contribution in [3.8, 4) is 11.5 Å². The van der Waals surface area contributed by atoms with E-state index in [0.717, 1.165) is 5.69 Å². The van der Waals surface area contributed by atoms with Crippen LogP contribution in [0.1, 0.15) is 48.6 Å². The van der Waals surface area contributed by atoms with Crippen LogP contribution in [0.25, 0.3) is 0 Å². The zero-order valence-electron chi connectivity index (χ0n) is 17.5. The monoisotopic (exact) mass is 424 g/mol. The van der Waals surface area contributed by atoms with E-state index in [0.29, 0.717) is 33.5 Å². The third-order valence-electron chi connectivity index (χ3n) is 4.39. The zero-order valence-corrected chi connectivity index (χ0v) is 18.2. The number of aryl methyl sites for hydroxylation is 1. The second-order valence-corrected chi connectivity index (χ2v) is 7.67. The second kappa shape index (κ2) is 9.74. The van der Waals surface area contributed by atoms with E-state index < -0.39 is 0 Å². The van der Waals surface area contributed by atoms with Crippen molar-refractivity contribution in [3.63, 3.8) is 0 Å². The summed E-state index contributed by atoms with van der Waals surface area (Å²) >= 11 is 5.97. The minimum absolute atomic E-state index is 0.107. The molecule has 156 valence electrons. The van der Waals surface area contributed by atoms with E-state index in [4.69, 9.17) is 21.1 Å². The summed E-state index contributed by atoms with van der Waals surface area (Å²) < 4.78 is 11.5. The van der Waals surface area contributed by atoms with Crippen LogP contribution in [0, 0.1) is 6.92 Å². The molecule has 0 bridgehead atoms. The summed E-state index contributed by atoms with van der Waals surface area (Å²) in [5, 5.41) is 3.50. The highest BCUT2D eigenvalue weighted by Crippen LogP contribution is 2.25. The topological polar surface area (TPSA) is 60.5 Å². The molecule has 0 aliphatic carbocycles.